The number of rotatable bonds is 3. The SMILES string of the molecule is C=Cc1ccc(-c2ccc(-c3cccs3)s2)cc1. The molecule has 3 rings (SSSR count). The lowest BCUT2D eigenvalue weighted by Gasteiger charge is -1.98. The van der Waals surface area contributed by atoms with Gasteiger partial charge in [0.2, 0.25) is 0 Å². The number of benzene rings is 1. The lowest BCUT2D eigenvalue weighted by molar-refractivity contribution is 1.66. The molecule has 0 saturated carbocycles. The van der Waals surface area contributed by atoms with Gasteiger partial charge in [0.15, 0.2) is 0 Å². The summed E-state index contributed by atoms with van der Waals surface area (Å²) in [4.78, 5) is 4.00. The van der Waals surface area contributed by atoms with E-state index in [9.17, 15) is 0 Å². The Bertz CT molecular complexity index is 643. The van der Waals surface area contributed by atoms with E-state index in [1.165, 1.54) is 20.2 Å². The second kappa shape index (κ2) is 4.92. The molecule has 0 unspecified atom stereocenters. The van der Waals surface area contributed by atoms with Crippen molar-refractivity contribution in [3.63, 3.8) is 0 Å². The maximum atomic E-state index is 3.78. The number of hydrogen-bond acceptors (Lipinski definition) is 2. The molecule has 0 saturated heterocycles. The molecular formula is C16H12S2. The first-order valence-electron chi connectivity index (χ1n) is 5.73. The van der Waals surface area contributed by atoms with Crippen LogP contribution >= 0.6 is 22.7 Å². The molecule has 2 heterocycles. The summed E-state index contributed by atoms with van der Waals surface area (Å²) >= 11 is 3.63. The highest BCUT2D eigenvalue weighted by Crippen LogP contribution is 2.36. The van der Waals surface area contributed by atoms with Crippen molar-refractivity contribution in [2.24, 2.45) is 0 Å². The molecule has 0 amide bonds. The molecular weight excluding hydrogens is 256 g/mol. The van der Waals surface area contributed by atoms with E-state index in [2.05, 4.69) is 60.5 Å². The summed E-state index contributed by atoms with van der Waals surface area (Å²) in [6, 6.07) is 17.2. The van der Waals surface area contributed by atoms with Gasteiger partial charge in [-0.25, -0.2) is 0 Å². The molecule has 88 valence electrons. The van der Waals surface area contributed by atoms with E-state index in [1.54, 1.807) is 11.3 Å². The van der Waals surface area contributed by atoms with Crippen molar-refractivity contribution in [2.45, 2.75) is 0 Å². The molecule has 0 aliphatic heterocycles. The lowest BCUT2D eigenvalue weighted by Crippen LogP contribution is -1.73. The largest absolute Gasteiger partial charge is 0.143 e. The zero-order valence-electron chi connectivity index (χ0n) is 9.80. The summed E-state index contributed by atoms with van der Waals surface area (Å²) in [6.07, 6.45) is 1.87. The zero-order valence-corrected chi connectivity index (χ0v) is 11.4. The van der Waals surface area contributed by atoms with Crippen molar-refractivity contribution < 1.29 is 0 Å². The molecule has 0 bridgehead atoms. The monoisotopic (exact) mass is 268 g/mol. The van der Waals surface area contributed by atoms with Crippen LogP contribution in [-0.2, 0) is 0 Å². The van der Waals surface area contributed by atoms with E-state index in [0.29, 0.717) is 0 Å². The summed E-state index contributed by atoms with van der Waals surface area (Å²) in [6.45, 7) is 3.78. The van der Waals surface area contributed by atoms with E-state index in [-0.39, 0.29) is 0 Å². The molecule has 0 N–H and O–H groups in total. The van der Waals surface area contributed by atoms with Crippen molar-refractivity contribution in [1.82, 2.24) is 0 Å². The Balaban J connectivity index is 1.95. The van der Waals surface area contributed by atoms with Crippen LogP contribution in [0.5, 0.6) is 0 Å². The summed E-state index contributed by atoms with van der Waals surface area (Å²) < 4.78 is 0. The predicted molar refractivity (Wildman–Crippen MR) is 83.2 cm³/mol. The van der Waals surface area contributed by atoms with Crippen LogP contribution in [0.4, 0.5) is 0 Å². The van der Waals surface area contributed by atoms with Gasteiger partial charge < -0.3 is 0 Å². The van der Waals surface area contributed by atoms with Gasteiger partial charge in [0.1, 0.15) is 0 Å². The normalized spacial score (nSPS) is 10.4. The minimum atomic E-state index is 1.16. The van der Waals surface area contributed by atoms with E-state index < -0.39 is 0 Å². The van der Waals surface area contributed by atoms with Gasteiger partial charge in [-0.05, 0) is 34.7 Å². The highest BCUT2D eigenvalue weighted by atomic mass is 32.1. The van der Waals surface area contributed by atoms with Crippen molar-refractivity contribution in [3.05, 3.63) is 66.1 Å². The third kappa shape index (κ3) is 2.17. The lowest BCUT2D eigenvalue weighted by atomic mass is 10.1. The average molecular weight is 268 g/mol. The van der Waals surface area contributed by atoms with E-state index in [4.69, 9.17) is 0 Å². The number of thiophene rings is 2. The third-order valence-corrected chi connectivity index (χ3v) is 5.00. The molecule has 0 nitrogen and oxygen atoms in total. The topological polar surface area (TPSA) is 0 Å². The van der Waals surface area contributed by atoms with E-state index in [1.807, 2.05) is 17.4 Å². The second-order valence-electron chi connectivity index (χ2n) is 3.97. The Morgan fingerprint density at radius 2 is 1.61 bits per heavy atom. The Morgan fingerprint density at radius 3 is 2.28 bits per heavy atom. The molecule has 1 aromatic carbocycles. The van der Waals surface area contributed by atoms with Gasteiger partial charge in [0.25, 0.3) is 0 Å². The quantitative estimate of drug-likeness (QED) is 0.564. The van der Waals surface area contributed by atoms with Crippen LogP contribution in [0.25, 0.3) is 26.3 Å². The molecule has 0 radical (unpaired) electrons. The van der Waals surface area contributed by atoms with Crippen LogP contribution in [0.3, 0.4) is 0 Å². The fourth-order valence-corrected chi connectivity index (χ4v) is 3.67. The summed E-state index contributed by atoms with van der Waals surface area (Å²) in [5.74, 6) is 0. The first-order chi connectivity index (χ1) is 8.86. The molecule has 0 aliphatic rings. The summed E-state index contributed by atoms with van der Waals surface area (Å²) in [5.41, 5.74) is 2.43. The smallest absolute Gasteiger partial charge is 0.0449 e. The van der Waals surface area contributed by atoms with Crippen LogP contribution in [0.15, 0.2) is 60.5 Å². The highest BCUT2D eigenvalue weighted by Gasteiger charge is 2.05. The minimum absolute atomic E-state index is 1.16. The van der Waals surface area contributed by atoms with Gasteiger partial charge in [-0.3, -0.25) is 0 Å². The van der Waals surface area contributed by atoms with E-state index >= 15 is 0 Å². The Kier molecular flexibility index (Phi) is 3.13. The minimum Gasteiger partial charge on any atom is -0.143 e. The second-order valence-corrected chi connectivity index (χ2v) is 6.00. The maximum absolute atomic E-state index is 3.78. The Labute approximate surface area is 115 Å². The molecule has 2 aromatic heterocycles. The average Bonchev–Trinajstić information content (AvgIpc) is 3.09. The van der Waals surface area contributed by atoms with Crippen molar-refractivity contribution in [2.75, 3.05) is 0 Å². The first-order valence-corrected chi connectivity index (χ1v) is 7.43. The molecule has 0 aliphatic carbocycles. The molecule has 18 heavy (non-hydrogen) atoms. The van der Waals surface area contributed by atoms with Crippen LogP contribution in [0, 0.1) is 0 Å². The highest BCUT2D eigenvalue weighted by molar-refractivity contribution is 7.23. The zero-order chi connectivity index (χ0) is 12.4. The third-order valence-electron chi connectivity index (χ3n) is 2.80. The van der Waals surface area contributed by atoms with Gasteiger partial charge >= 0.3 is 0 Å². The van der Waals surface area contributed by atoms with Crippen molar-refractivity contribution in [3.8, 4) is 20.2 Å². The Morgan fingerprint density at radius 1 is 0.833 bits per heavy atom. The van der Waals surface area contributed by atoms with Crippen LogP contribution in [0.2, 0.25) is 0 Å². The number of hydrogen-bond donors (Lipinski definition) is 0. The van der Waals surface area contributed by atoms with Crippen LogP contribution < -0.4 is 0 Å². The van der Waals surface area contributed by atoms with Crippen molar-refractivity contribution >= 4 is 28.7 Å². The van der Waals surface area contributed by atoms with E-state index in [0.717, 1.165) is 5.56 Å². The van der Waals surface area contributed by atoms with Gasteiger partial charge in [0, 0.05) is 14.6 Å². The molecule has 2 heteroatoms. The molecule has 0 atom stereocenters. The Hall–Kier alpha value is -1.64. The standard InChI is InChI=1S/C16H12S2/c1-2-12-5-7-13(8-6-12)14-9-10-16(18-14)15-4-3-11-17-15/h2-11H,1H2. The molecule has 0 spiro atoms. The first kappa shape index (κ1) is 11.5. The predicted octanol–water partition coefficient (Wildman–Crippen LogP) is 5.79. The summed E-state index contributed by atoms with van der Waals surface area (Å²) in [5, 5.41) is 2.12. The van der Waals surface area contributed by atoms with Crippen LogP contribution in [-0.4, -0.2) is 0 Å². The van der Waals surface area contributed by atoms with Crippen molar-refractivity contribution in [1.29, 1.82) is 0 Å². The van der Waals surface area contributed by atoms with Crippen LogP contribution in [0.1, 0.15) is 5.56 Å². The van der Waals surface area contributed by atoms with Gasteiger partial charge in [-0.2, -0.15) is 0 Å². The summed E-state index contributed by atoms with van der Waals surface area (Å²) in [7, 11) is 0. The fourth-order valence-electron chi connectivity index (χ4n) is 1.83. The van der Waals surface area contributed by atoms with Gasteiger partial charge in [0.05, 0.1) is 0 Å². The van der Waals surface area contributed by atoms with Gasteiger partial charge in [-0.1, -0.05) is 43.0 Å². The molecule has 3 aromatic rings. The maximum Gasteiger partial charge on any atom is 0.0449 e. The van der Waals surface area contributed by atoms with Gasteiger partial charge in [-0.15, -0.1) is 22.7 Å². The molecule has 0 fully saturated rings. The fraction of sp³-hybridized carbons (Fsp3) is 0.